The van der Waals surface area contributed by atoms with Crippen LogP contribution >= 0.6 is 0 Å². The second kappa shape index (κ2) is 5.79. The lowest BCUT2D eigenvalue weighted by molar-refractivity contribution is 0.0590. The predicted octanol–water partition coefficient (Wildman–Crippen LogP) is 2.71. The topological polar surface area (TPSA) is 61.9 Å². The van der Waals surface area contributed by atoms with E-state index >= 15 is 0 Å². The Morgan fingerprint density at radius 3 is 2.88 bits per heavy atom. The average Bonchev–Trinajstić information content (AvgIpc) is 3.31. The molecule has 1 amide bonds. The number of carbonyl (C=O) groups is 1. The number of imidazole rings is 1. The van der Waals surface area contributed by atoms with Gasteiger partial charge in [0.1, 0.15) is 5.82 Å². The van der Waals surface area contributed by atoms with Crippen molar-refractivity contribution < 1.29 is 4.79 Å². The summed E-state index contributed by atoms with van der Waals surface area (Å²) in [5.74, 6) is 2.25. The van der Waals surface area contributed by atoms with E-state index in [1.807, 2.05) is 11.1 Å². The first kappa shape index (κ1) is 14.9. The molecule has 5 nitrogen and oxygen atoms in total. The van der Waals surface area contributed by atoms with Crippen LogP contribution < -0.4 is 0 Å². The quantitative estimate of drug-likeness (QED) is 0.870. The Labute approximate surface area is 141 Å². The molecule has 1 aliphatic carbocycles. The van der Waals surface area contributed by atoms with E-state index < -0.39 is 0 Å². The van der Waals surface area contributed by atoms with Crippen LogP contribution in [0.4, 0.5) is 0 Å². The maximum atomic E-state index is 12.5. The van der Waals surface area contributed by atoms with E-state index in [1.165, 1.54) is 18.5 Å². The van der Waals surface area contributed by atoms with E-state index in [0.717, 1.165) is 18.3 Å². The van der Waals surface area contributed by atoms with Crippen molar-refractivity contribution in [1.82, 2.24) is 14.5 Å². The zero-order chi connectivity index (χ0) is 16.7. The van der Waals surface area contributed by atoms with E-state index in [9.17, 15) is 4.79 Å². The fraction of sp³-hybridized carbons (Fsp3) is 0.421. The highest BCUT2D eigenvalue weighted by atomic mass is 16.2. The van der Waals surface area contributed by atoms with Crippen molar-refractivity contribution in [3.8, 4) is 6.07 Å². The Morgan fingerprint density at radius 1 is 1.38 bits per heavy atom. The molecule has 2 heterocycles. The number of nitrogens with zero attached hydrogens (tertiary/aromatic N) is 4. The molecular formula is C19H20N4O. The molecule has 1 aromatic heterocycles. The van der Waals surface area contributed by atoms with Crippen LogP contribution in [0.15, 0.2) is 30.5 Å². The highest BCUT2D eigenvalue weighted by Crippen LogP contribution is 2.34. The smallest absolute Gasteiger partial charge is 0.253 e. The monoisotopic (exact) mass is 320 g/mol. The van der Waals surface area contributed by atoms with Crippen LogP contribution in [-0.2, 0) is 6.54 Å². The number of carbonyl (C=O) groups excluding carboxylic acids is 1. The van der Waals surface area contributed by atoms with Gasteiger partial charge in [-0.25, -0.2) is 4.98 Å². The van der Waals surface area contributed by atoms with Crippen LogP contribution in [0.3, 0.4) is 0 Å². The molecule has 24 heavy (non-hydrogen) atoms. The van der Waals surface area contributed by atoms with Gasteiger partial charge >= 0.3 is 0 Å². The molecule has 4 rings (SSSR count). The summed E-state index contributed by atoms with van der Waals surface area (Å²) >= 11 is 0. The Balaban J connectivity index is 1.44. The first-order valence-corrected chi connectivity index (χ1v) is 8.47. The normalized spacial score (nSPS) is 17.4. The van der Waals surface area contributed by atoms with Gasteiger partial charge in [0.2, 0.25) is 0 Å². The minimum absolute atomic E-state index is 0.000343. The number of aromatic nitrogens is 2. The van der Waals surface area contributed by atoms with Crippen molar-refractivity contribution >= 4 is 5.91 Å². The minimum atomic E-state index is 0.000343. The average molecular weight is 320 g/mol. The minimum Gasteiger partial charge on any atom is -0.337 e. The first-order chi connectivity index (χ1) is 11.7. The third kappa shape index (κ3) is 2.69. The summed E-state index contributed by atoms with van der Waals surface area (Å²) in [6.07, 6.45) is 4.59. The van der Waals surface area contributed by atoms with Crippen LogP contribution in [0.1, 0.15) is 46.2 Å². The number of rotatable bonds is 4. The van der Waals surface area contributed by atoms with E-state index in [-0.39, 0.29) is 5.91 Å². The maximum Gasteiger partial charge on any atom is 0.253 e. The number of amides is 1. The van der Waals surface area contributed by atoms with Gasteiger partial charge in [0, 0.05) is 37.1 Å². The van der Waals surface area contributed by atoms with Crippen LogP contribution in [0.25, 0.3) is 0 Å². The summed E-state index contributed by atoms with van der Waals surface area (Å²) < 4.78 is 2.33. The van der Waals surface area contributed by atoms with Gasteiger partial charge in [-0.1, -0.05) is 6.07 Å². The lowest BCUT2D eigenvalue weighted by Crippen LogP contribution is -2.49. The van der Waals surface area contributed by atoms with Crippen LogP contribution in [-0.4, -0.2) is 33.4 Å². The second-order valence-corrected chi connectivity index (χ2v) is 6.91. The van der Waals surface area contributed by atoms with Crippen molar-refractivity contribution in [3.63, 3.8) is 0 Å². The highest BCUT2D eigenvalue weighted by Gasteiger charge is 2.36. The standard InChI is InChI=1S/C19H20N4O/c1-13-9-21-18(23(13)10-14-5-6-14)17-11-22(12-17)19(24)16-4-2-3-15(7-16)8-20/h2-4,7,9,14,17H,5-6,10-12H2,1H3. The molecule has 2 aliphatic rings. The lowest BCUT2D eigenvalue weighted by Gasteiger charge is -2.39. The molecule has 0 bridgehead atoms. The fourth-order valence-corrected chi connectivity index (χ4v) is 3.31. The molecular weight excluding hydrogens is 300 g/mol. The first-order valence-electron chi connectivity index (χ1n) is 8.47. The molecule has 1 saturated heterocycles. The predicted molar refractivity (Wildman–Crippen MR) is 89.5 cm³/mol. The SMILES string of the molecule is Cc1cnc(C2CN(C(=O)c3cccc(C#N)c3)C2)n1CC1CC1. The zero-order valence-electron chi connectivity index (χ0n) is 13.8. The van der Waals surface area contributed by atoms with Gasteiger partial charge in [-0.05, 0) is 43.9 Å². The maximum absolute atomic E-state index is 12.5. The van der Waals surface area contributed by atoms with Gasteiger partial charge in [0.25, 0.3) is 5.91 Å². The number of hydrogen-bond acceptors (Lipinski definition) is 3. The Kier molecular flexibility index (Phi) is 3.61. The Bertz CT molecular complexity index is 822. The molecule has 0 radical (unpaired) electrons. The largest absolute Gasteiger partial charge is 0.337 e. The van der Waals surface area contributed by atoms with E-state index in [4.69, 9.17) is 5.26 Å². The molecule has 0 atom stereocenters. The van der Waals surface area contributed by atoms with E-state index in [0.29, 0.717) is 30.1 Å². The number of likely N-dealkylation sites (tertiary alicyclic amines) is 1. The molecule has 1 aromatic carbocycles. The molecule has 0 unspecified atom stereocenters. The van der Waals surface area contributed by atoms with Crippen molar-refractivity contribution in [2.24, 2.45) is 5.92 Å². The number of nitriles is 1. The molecule has 0 spiro atoms. The van der Waals surface area contributed by atoms with Crippen molar-refractivity contribution in [3.05, 3.63) is 53.1 Å². The Hall–Kier alpha value is -2.61. The van der Waals surface area contributed by atoms with Gasteiger partial charge in [-0.3, -0.25) is 4.79 Å². The van der Waals surface area contributed by atoms with Crippen LogP contribution in [0.5, 0.6) is 0 Å². The molecule has 5 heteroatoms. The van der Waals surface area contributed by atoms with E-state index in [1.54, 1.807) is 24.3 Å². The summed E-state index contributed by atoms with van der Waals surface area (Å²) in [6.45, 7) is 4.58. The third-order valence-corrected chi connectivity index (χ3v) is 5.00. The molecule has 1 saturated carbocycles. The van der Waals surface area contributed by atoms with Gasteiger partial charge in [0.05, 0.1) is 17.6 Å². The van der Waals surface area contributed by atoms with Crippen molar-refractivity contribution in [2.75, 3.05) is 13.1 Å². The zero-order valence-corrected chi connectivity index (χ0v) is 13.8. The van der Waals surface area contributed by atoms with E-state index in [2.05, 4.69) is 22.5 Å². The number of benzene rings is 1. The van der Waals surface area contributed by atoms with Crippen molar-refractivity contribution in [2.45, 2.75) is 32.2 Å². The van der Waals surface area contributed by atoms with Gasteiger partial charge < -0.3 is 9.47 Å². The van der Waals surface area contributed by atoms with Gasteiger partial charge in [-0.2, -0.15) is 5.26 Å². The summed E-state index contributed by atoms with van der Waals surface area (Å²) in [5.41, 5.74) is 2.32. The van der Waals surface area contributed by atoms with Crippen LogP contribution in [0.2, 0.25) is 0 Å². The lowest BCUT2D eigenvalue weighted by atomic mass is 9.97. The van der Waals surface area contributed by atoms with Crippen LogP contribution in [0, 0.1) is 24.2 Å². The summed E-state index contributed by atoms with van der Waals surface area (Å²) in [6, 6.07) is 8.99. The second-order valence-electron chi connectivity index (χ2n) is 6.91. The third-order valence-electron chi connectivity index (χ3n) is 5.00. The molecule has 0 N–H and O–H groups in total. The van der Waals surface area contributed by atoms with Gasteiger partial charge in [-0.15, -0.1) is 0 Å². The number of aryl methyl sites for hydroxylation is 1. The number of hydrogen-bond donors (Lipinski definition) is 0. The summed E-state index contributed by atoms with van der Waals surface area (Å²) in [4.78, 5) is 19.0. The highest BCUT2D eigenvalue weighted by molar-refractivity contribution is 5.95. The molecule has 2 aromatic rings. The Morgan fingerprint density at radius 2 is 2.17 bits per heavy atom. The summed E-state index contributed by atoms with van der Waals surface area (Å²) in [7, 11) is 0. The molecule has 2 fully saturated rings. The fourth-order valence-electron chi connectivity index (χ4n) is 3.31. The summed E-state index contributed by atoms with van der Waals surface area (Å²) in [5, 5.41) is 8.97. The van der Waals surface area contributed by atoms with Gasteiger partial charge in [0.15, 0.2) is 0 Å². The van der Waals surface area contributed by atoms with Crippen molar-refractivity contribution in [1.29, 1.82) is 5.26 Å². The molecule has 1 aliphatic heterocycles. The molecule has 122 valence electrons.